The summed E-state index contributed by atoms with van der Waals surface area (Å²) in [7, 11) is 0. The molecule has 0 aliphatic rings. The normalized spacial score (nSPS) is 12.2. The summed E-state index contributed by atoms with van der Waals surface area (Å²) < 4.78 is 38.6. The second-order valence-electron chi connectivity index (χ2n) is 4.57. The lowest BCUT2D eigenvalue weighted by atomic mass is 10.1. The van der Waals surface area contributed by atoms with Crippen molar-refractivity contribution in [3.05, 3.63) is 45.0 Å². The molecule has 0 aliphatic heterocycles. The fourth-order valence-electron chi connectivity index (χ4n) is 1.62. The number of rotatable bonds is 2. The van der Waals surface area contributed by atoms with E-state index in [0.717, 1.165) is 10.7 Å². The zero-order valence-corrected chi connectivity index (χ0v) is 11.4. The van der Waals surface area contributed by atoms with Gasteiger partial charge in [-0.2, -0.15) is 17.9 Å². The monoisotopic (exact) mass is 305 g/mol. The number of aromatic amines is 1. The quantitative estimate of drug-likeness (QED) is 0.925. The van der Waals surface area contributed by atoms with E-state index in [4.69, 9.17) is 11.6 Å². The Labute approximate surface area is 117 Å². The minimum atomic E-state index is -4.53. The lowest BCUT2D eigenvalue weighted by Crippen LogP contribution is -2.16. The third kappa shape index (κ3) is 2.72. The molecule has 0 radical (unpaired) electrons. The van der Waals surface area contributed by atoms with Crippen LogP contribution >= 0.6 is 11.6 Å². The van der Waals surface area contributed by atoms with Crippen LogP contribution in [0, 0.1) is 0 Å². The molecule has 20 heavy (non-hydrogen) atoms. The summed E-state index contributed by atoms with van der Waals surface area (Å²) >= 11 is 5.79. The summed E-state index contributed by atoms with van der Waals surface area (Å²) in [6.45, 7) is 3.74. The van der Waals surface area contributed by atoms with E-state index in [1.807, 2.05) is 13.8 Å². The van der Waals surface area contributed by atoms with E-state index in [2.05, 4.69) is 10.1 Å². The van der Waals surface area contributed by atoms with Gasteiger partial charge in [0.15, 0.2) is 5.82 Å². The maximum atomic E-state index is 12.5. The smallest absolute Gasteiger partial charge is 0.293 e. The van der Waals surface area contributed by atoms with Gasteiger partial charge >= 0.3 is 6.18 Å². The predicted molar refractivity (Wildman–Crippen MR) is 68.3 cm³/mol. The Kier molecular flexibility index (Phi) is 3.64. The zero-order chi connectivity index (χ0) is 15.1. The van der Waals surface area contributed by atoms with E-state index >= 15 is 0 Å². The summed E-state index contributed by atoms with van der Waals surface area (Å²) in [5.41, 5.74) is -0.745. The van der Waals surface area contributed by atoms with Crippen LogP contribution in [0.3, 0.4) is 0 Å². The number of H-pyrrole nitrogens is 1. The zero-order valence-electron chi connectivity index (χ0n) is 10.6. The number of nitrogens with one attached hydrogen (secondary N) is 1. The largest absolute Gasteiger partial charge is 0.417 e. The maximum Gasteiger partial charge on any atom is 0.417 e. The molecule has 0 atom stereocenters. The molecule has 8 heteroatoms. The molecule has 1 N–H and O–H groups in total. The van der Waals surface area contributed by atoms with Crippen molar-refractivity contribution in [2.24, 2.45) is 0 Å². The summed E-state index contributed by atoms with van der Waals surface area (Å²) in [6.07, 6.45) is -3.89. The van der Waals surface area contributed by atoms with Crippen molar-refractivity contribution in [2.75, 3.05) is 0 Å². The van der Waals surface area contributed by atoms with Gasteiger partial charge in [-0.25, -0.2) is 4.98 Å². The van der Waals surface area contributed by atoms with Crippen LogP contribution in [0.2, 0.25) is 5.02 Å². The maximum absolute atomic E-state index is 12.5. The number of alkyl halides is 3. The first-order valence-corrected chi connectivity index (χ1v) is 6.13. The van der Waals surface area contributed by atoms with Crippen molar-refractivity contribution in [3.63, 3.8) is 0 Å². The third-order valence-corrected chi connectivity index (χ3v) is 3.00. The molecule has 0 bridgehead atoms. The van der Waals surface area contributed by atoms with Crippen LogP contribution < -0.4 is 5.56 Å². The number of halogens is 4. The number of pyridine rings is 1. The molecule has 0 aromatic carbocycles. The first-order valence-electron chi connectivity index (χ1n) is 5.75. The van der Waals surface area contributed by atoms with Crippen LogP contribution in [0.4, 0.5) is 13.2 Å². The van der Waals surface area contributed by atoms with Gasteiger partial charge in [0, 0.05) is 18.0 Å². The minimum absolute atomic E-state index is 0.0587. The molecule has 0 amide bonds. The fraction of sp³-hybridized carbons (Fsp3) is 0.333. The molecule has 4 nitrogen and oxygen atoms in total. The Morgan fingerprint density at radius 2 is 2.00 bits per heavy atom. The lowest BCUT2D eigenvalue weighted by molar-refractivity contribution is -0.137. The molecule has 0 saturated heterocycles. The summed E-state index contributed by atoms with van der Waals surface area (Å²) in [4.78, 5) is 15.4. The van der Waals surface area contributed by atoms with Crippen molar-refractivity contribution in [1.29, 1.82) is 0 Å². The highest BCUT2D eigenvalue weighted by molar-refractivity contribution is 6.32. The van der Waals surface area contributed by atoms with E-state index in [1.165, 1.54) is 6.07 Å². The molecular formula is C12H11ClF3N3O. The molecule has 0 fully saturated rings. The molecule has 2 heterocycles. The highest BCUT2D eigenvalue weighted by Gasteiger charge is 2.31. The van der Waals surface area contributed by atoms with Crippen LogP contribution in [0.1, 0.15) is 31.0 Å². The molecule has 0 unspecified atom stereocenters. The van der Waals surface area contributed by atoms with E-state index in [0.29, 0.717) is 11.9 Å². The first kappa shape index (κ1) is 14.6. The topological polar surface area (TPSA) is 50.7 Å². The SMILES string of the molecule is CC(C)c1cc(=O)n(-c2ncc(C(F)(F)F)cc2Cl)[nH]1. The minimum Gasteiger partial charge on any atom is -0.293 e. The third-order valence-electron chi connectivity index (χ3n) is 2.72. The predicted octanol–water partition coefficient (Wildman–Crippen LogP) is 3.36. The highest BCUT2D eigenvalue weighted by Crippen LogP contribution is 2.31. The Morgan fingerprint density at radius 1 is 1.35 bits per heavy atom. The first-order chi connectivity index (χ1) is 9.20. The van der Waals surface area contributed by atoms with Crippen molar-refractivity contribution in [3.8, 4) is 5.82 Å². The number of nitrogens with zero attached hydrogens (tertiary/aromatic N) is 2. The molecule has 2 rings (SSSR count). The Morgan fingerprint density at radius 3 is 2.45 bits per heavy atom. The average Bonchev–Trinajstić information content (AvgIpc) is 2.70. The Balaban J connectivity index is 2.52. The van der Waals surface area contributed by atoms with Crippen molar-refractivity contribution < 1.29 is 13.2 Å². The van der Waals surface area contributed by atoms with Gasteiger partial charge in [-0.1, -0.05) is 25.4 Å². The van der Waals surface area contributed by atoms with Crippen LogP contribution in [0.25, 0.3) is 5.82 Å². The second-order valence-corrected chi connectivity index (χ2v) is 4.97. The molecule has 108 valence electrons. The summed E-state index contributed by atoms with van der Waals surface area (Å²) in [5.74, 6) is 0.00809. The van der Waals surface area contributed by atoms with Gasteiger partial charge in [0.25, 0.3) is 5.56 Å². The van der Waals surface area contributed by atoms with E-state index < -0.39 is 17.3 Å². The highest BCUT2D eigenvalue weighted by atomic mass is 35.5. The summed E-state index contributed by atoms with van der Waals surface area (Å²) in [6, 6.07) is 2.10. The lowest BCUT2D eigenvalue weighted by Gasteiger charge is -2.09. The van der Waals surface area contributed by atoms with E-state index in [-0.39, 0.29) is 16.8 Å². The number of hydrogen-bond acceptors (Lipinski definition) is 2. The van der Waals surface area contributed by atoms with Gasteiger partial charge in [0.2, 0.25) is 0 Å². The molecule has 0 aliphatic carbocycles. The van der Waals surface area contributed by atoms with Gasteiger partial charge < -0.3 is 0 Å². The van der Waals surface area contributed by atoms with Gasteiger partial charge in [-0.3, -0.25) is 9.89 Å². The molecule has 2 aromatic rings. The van der Waals surface area contributed by atoms with Gasteiger partial charge in [-0.05, 0) is 12.0 Å². The second kappa shape index (κ2) is 4.97. The number of aromatic nitrogens is 3. The Bertz CT molecular complexity index is 688. The number of hydrogen-bond donors (Lipinski definition) is 1. The van der Waals surface area contributed by atoms with Crippen molar-refractivity contribution in [1.82, 2.24) is 14.8 Å². The summed E-state index contributed by atoms with van der Waals surface area (Å²) in [5, 5.41) is 2.52. The molecule has 2 aromatic heterocycles. The van der Waals surface area contributed by atoms with Gasteiger partial charge in [0.1, 0.15) is 0 Å². The average molecular weight is 306 g/mol. The van der Waals surface area contributed by atoms with Crippen LogP contribution in [0.5, 0.6) is 0 Å². The van der Waals surface area contributed by atoms with Gasteiger partial charge in [0.05, 0.1) is 10.6 Å². The van der Waals surface area contributed by atoms with Crippen molar-refractivity contribution >= 4 is 11.6 Å². The van der Waals surface area contributed by atoms with Gasteiger partial charge in [-0.15, -0.1) is 0 Å². The Hall–Kier alpha value is -1.76. The molecule has 0 saturated carbocycles. The van der Waals surface area contributed by atoms with Crippen LogP contribution in [0.15, 0.2) is 23.1 Å². The van der Waals surface area contributed by atoms with Crippen molar-refractivity contribution in [2.45, 2.75) is 25.9 Å². The van der Waals surface area contributed by atoms with E-state index in [1.54, 1.807) is 0 Å². The molecular weight excluding hydrogens is 295 g/mol. The van der Waals surface area contributed by atoms with Crippen LogP contribution in [-0.2, 0) is 6.18 Å². The van der Waals surface area contributed by atoms with Crippen LogP contribution in [-0.4, -0.2) is 14.8 Å². The molecule has 0 spiro atoms. The fourth-order valence-corrected chi connectivity index (χ4v) is 1.87. The standard InChI is InChI=1S/C12H11ClF3N3O/c1-6(2)9-4-10(20)19(18-9)11-8(13)3-7(5-17-11)12(14,15)16/h3-6,18H,1-2H3. The van der Waals surface area contributed by atoms with E-state index in [9.17, 15) is 18.0 Å².